The summed E-state index contributed by atoms with van der Waals surface area (Å²) in [6.45, 7) is 0.640. The predicted molar refractivity (Wildman–Crippen MR) is 93.0 cm³/mol. The standard InChI is InChI=1S/C18H19ClN2O3/c1-24-16-7-5-13(6-8-16)9-10-20-17(22)18(23)21-12-14-3-2-4-15(19)11-14/h2-8,11H,9-10,12H2,1H3,(H,20,22)(H,21,23). The average molecular weight is 347 g/mol. The van der Waals surface area contributed by atoms with Crippen molar-refractivity contribution in [1.82, 2.24) is 10.6 Å². The number of methoxy groups -OCH3 is 1. The fraction of sp³-hybridized carbons (Fsp3) is 0.222. The number of nitrogens with one attached hydrogen (secondary N) is 2. The maximum absolute atomic E-state index is 11.8. The van der Waals surface area contributed by atoms with E-state index in [1.54, 1.807) is 25.3 Å². The third-order valence-electron chi connectivity index (χ3n) is 3.41. The van der Waals surface area contributed by atoms with E-state index in [1.165, 1.54) is 0 Å². The number of ether oxygens (including phenoxy) is 1. The first-order valence-electron chi connectivity index (χ1n) is 7.52. The van der Waals surface area contributed by atoms with Crippen molar-refractivity contribution in [1.29, 1.82) is 0 Å². The molecule has 2 aromatic carbocycles. The molecule has 5 nitrogen and oxygen atoms in total. The monoisotopic (exact) mass is 346 g/mol. The molecule has 6 heteroatoms. The van der Waals surface area contributed by atoms with Crippen LogP contribution >= 0.6 is 11.6 Å². The number of carbonyl (C=O) groups excluding carboxylic acids is 2. The fourth-order valence-electron chi connectivity index (χ4n) is 2.10. The van der Waals surface area contributed by atoms with E-state index >= 15 is 0 Å². The second-order valence-corrected chi connectivity index (χ2v) is 5.60. The summed E-state index contributed by atoms with van der Waals surface area (Å²) in [4.78, 5) is 23.5. The van der Waals surface area contributed by atoms with Crippen molar-refractivity contribution in [2.75, 3.05) is 13.7 Å². The Kier molecular flexibility index (Phi) is 6.63. The zero-order valence-electron chi connectivity index (χ0n) is 13.3. The highest BCUT2D eigenvalue weighted by Crippen LogP contribution is 2.11. The van der Waals surface area contributed by atoms with Gasteiger partial charge in [0.2, 0.25) is 0 Å². The summed E-state index contributed by atoms with van der Waals surface area (Å²) in [5.74, 6) is -0.529. The second kappa shape index (κ2) is 8.93. The largest absolute Gasteiger partial charge is 0.497 e. The number of amides is 2. The van der Waals surface area contributed by atoms with E-state index in [9.17, 15) is 9.59 Å². The SMILES string of the molecule is COc1ccc(CCNC(=O)C(=O)NCc2cccc(Cl)c2)cc1. The molecule has 0 saturated carbocycles. The smallest absolute Gasteiger partial charge is 0.309 e. The number of hydrogen-bond donors (Lipinski definition) is 2. The van der Waals surface area contributed by atoms with Gasteiger partial charge in [0, 0.05) is 18.1 Å². The lowest BCUT2D eigenvalue weighted by Gasteiger charge is -2.07. The summed E-state index contributed by atoms with van der Waals surface area (Å²) in [6, 6.07) is 14.7. The van der Waals surface area contributed by atoms with Gasteiger partial charge in [0.25, 0.3) is 0 Å². The van der Waals surface area contributed by atoms with E-state index in [0.29, 0.717) is 18.0 Å². The van der Waals surface area contributed by atoms with Crippen LogP contribution in [0.2, 0.25) is 5.02 Å². The third kappa shape index (κ3) is 5.59. The van der Waals surface area contributed by atoms with E-state index in [1.807, 2.05) is 30.3 Å². The number of halogens is 1. The van der Waals surface area contributed by atoms with Crippen LogP contribution in [0.15, 0.2) is 48.5 Å². The first-order chi connectivity index (χ1) is 11.6. The molecule has 0 spiro atoms. The third-order valence-corrected chi connectivity index (χ3v) is 3.64. The van der Waals surface area contributed by atoms with Gasteiger partial charge < -0.3 is 15.4 Å². The molecule has 126 valence electrons. The minimum atomic E-state index is -0.662. The van der Waals surface area contributed by atoms with Crippen molar-refractivity contribution in [2.45, 2.75) is 13.0 Å². The van der Waals surface area contributed by atoms with Crippen LogP contribution in [0.4, 0.5) is 0 Å². The molecular formula is C18H19ClN2O3. The van der Waals surface area contributed by atoms with E-state index in [4.69, 9.17) is 16.3 Å². The second-order valence-electron chi connectivity index (χ2n) is 5.17. The zero-order valence-corrected chi connectivity index (χ0v) is 14.1. The molecule has 2 aromatic rings. The predicted octanol–water partition coefficient (Wildman–Crippen LogP) is 2.32. The van der Waals surface area contributed by atoms with Gasteiger partial charge in [-0.15, -0.1) is 0 Å². The summed E-state index contributed by atoms with van der Waals surface area (Å²) < 4.78 is 5.08. The Morgan fingerprint density at radius 3 is 2.38 bits per heavy atom. The van der Waals surface area contributed by atoms with Gasteiger partial charge in [0.05, 0.1) is 7.11 Å². The summed E-state index contributed by atoms with van der Waals surface area (Å²) in [7, 11) is 1.61. The van der Waals surface area contributed by atoms with Crippen LogP contribution in [-0.4, -0.2) is 25.5 Å². The Labute approximate surface area is 146 Å². The van der Waals surface area contributed by atoms with Gasteiger partial charge in [-0.25, -0.2) is 0 Å². The Bertz CT molecular complexity index is 702. The lowest BCUT2D eigenvalue weighted by atomic mass is 10.1. The minimum Gasteiger partial charge on any atom is -0.497 e. The molecule has 0 heterocycles. The number of rotatable bonds is 6. The zero-order chi connectivity index (χ0) is 17.4. The molecule has 24 heavy (non-hydrogen) atoms. The number of hydrogen-bond acceptors (Lipinski definition) is 3. The van der Waals surface area contributed by atoms with Crippen molar-refractivity contribution in [3.05, 3.63) is 64.7 Å². The molecular weight excluding hydrogens is 328 g/mol. The van der Waals surface area contributed by atoms with Crippen molar-refractivity contribution < 1.29 is 14.3 Å². The summed E-state index contributed by atoms with van der Waals surface area (Å²) in [5, 5.41) is 5.75. The van der Waals surface area contributed by atoms with Crippen LogP contribution in [0.3, 0.4) is 0 Å². The molecule has 2 N–H and O–H groups in total. The van der Waals surface area contributed by atoms with Crippen molar-refractivity contribution in [2.24, 2.45) is 0 Å². The van der Waals surface area contributed by atoms with Crippen LogP contribution in [0.25, 0.3) is 0 Å². The maximum Gasteiger partial charge on any atom is 0.309 e. The molecule has 2 rings (SSSR count). The summed E-state index contributed by atoms with van der Waals surface area (Å²) in [5.41, 5.74) is 1.89. The van der Waals surface area contributed by atoms with Gasteiger partial charge in [-0.3, -0.25) is 9.59 Å². The molecule has 0 radical (unpaired) electrons. The fourth-order valence-corrected chi connectivity index (χ4v) is 2.32. The van der Waals surface area contributed by atoms with Gasteiger partial charge in [-0.05, 0) is 41.8 Å². The van der Waals surface area contributed by atoms with Gasteiger partial charge in [-0.1, -0.05) is 35.9 Å². The molecule has 0 atom stereocenters. The summed E-state index contributed by atoms with van der Waals surface area (Å²) in [6.07, 6.45) is 0.636. The van der Waals surface area contributed by atoms with Crippen LogP contribution in [0.1, 0.15) is 11.1 Å². The Balaban J connectivity index is 1.72. The van der Waals surface area contributed by atoms with Gasteiger partial charge in [0.1, 0.15) is 5.75 Å². The van der Waals surface area contributed by atoms with Crippen LogP contribution in [-0.2, 0) is 22.6 Å². The molecule has 0 fully saturated rings. The van der Waals surface area contributed by atoms with E-state index in [2.05, 4.69) is 10.6 Å². The first kappa shape index (κ1) is 17.8. The molecule has 0 aliphatic rings. The van der Waals surface area contributed by atoms with E-state index in [0.717, 1.165) is 16.9 Å². The molecule has 0 aromatic heterocycles. The van der Waals surface area contributed by atoms with Crippen molar-refractivity contribution in [3.8, 4) is 5.75 Å². The topological polar surface area (TPSA) is 67.4 Å². The molecule has 0 unspecified atom stereocenters. The van der Waals surface area contributed by atoms with Crippen molar-refractivity contribution >= 4 is 23.4 Å². The molecule has 2 amide bonds. The highest BCUT2D eigenvalue weighted by molar-refractivity contribution is 6.35. The number of carbonyl (C=O) groups is 2. The van der Waals surface area contributed by atoms with E-state index in [-0.39, 0.29) is 6.54 Å². The molecule has 0 bridgehead atoms. The normalized spacial score (nSPS) is 10.1. The van der Waals surface area contributed by atoms with Gasteiger partial charge in [-0.2, -0.15) is 0 Å². The van der Waals surface area contributed by atoms with Crippen LogP contribution in [0, 0.1) is 0 Å². The van der Waals surface area contributed by atoms with Gasteiger partial charge in [0.15, 0.2) is 0 Å². The van der Waals surface area contributed by atoms with Crippen LogP contribution < -0.4 is 15.4 Å². The quantitative estimate of drug-likeness (QED) is 0.789. The van der Waals surface area contributed by atoms with Crippen LogP contribution in [0.5, 0.6) is 5.75 Å². The minimum absolute atomic E-state index is 0.255. The highest BCUT2D eigenvalue weighted by atomic mass is 35.5. The lowest BCUT2D eigenvalue weighted by molar-refractivity contribution is -0.139. The van der Waals surface area contributed by atoms with Crippen molar-refractivity contribution in [3.63, 3.8) is 0 Å². The van der Waals surface area contributed by atoms with E-state index < -0.39 is 11.8 Å². The molecule has 0 aliphatic heterocycles. The average Bonchev–Trinajstić information content (AvgIpc) is 2.60. The Morgan fingerprint density at radius 1 is 1.00 bits per heavy atom. The Morgan fingerprint density at radius 2 is 1.71 bits per heavy atom. The molecule has 0 saturated heterocycles. The summed E-state index contributed by atoms with van der Waals surface area (Å²) >= 11 is 5.87. The van der Waals surface area contributed by atoms with Gasteiger partial charge >= 0.3 is 11.8 Å². The maximum atomic E-state index is 11.8. The number of benzene rings is 2. The Hall–Kier alpha value is -2.53. The highest BCUT2D eigenvalue weighted by Gasteiger charge is 2.12. The first-order valence-corrected chi connectivity index (χ1v) is 7.89. The molecule has 0 aliphatic carbocycles. The lowest BCUT2D eigenvalue weighted by Crippen LogP contribution is -2.40.